The maximum Gasteiger partial charge on any atom is 0.311 e. The van der Waals surface area contributed by atoms with E-state index in [0.29, 0.717) is 27.9 Å². The van der Waals surface area contributed by atoms with Crippen LogP contribution < -0.4 is 5.32 Å². The number of benzene rings is 1. The van der Waals surface area contributed by atoms with Crippen molar-refractivity contribution in [1.29, 1.82) is 0 Å². The van der Waals surface area contributed by atoms with Gasteiger partial charge < -0.3 is 10.4 Å². The Kier molecular flexibility index (Phi) is 4.94. The quantitative estimate of drug-likeness (QED) is 0.844. The first-order valence-corrected chi connectivity index (χ1v) is 8.01. The predicted octanol–water partition coefficient (Wildman–Crippen LogP) is 3.87. The minimum Gasteiger partial charge on any atom is -0.481 e. The van der Waals surface area contributed by atoms with Crippen molar-refractivity contribution in [3.8, 4) is 0 Å². The molecule has 0 spiro atoms. The number of carboxylic acid groups (broad SMARTS) is 1. The van der Waals surface area contributed by atoms with Crippen LogP contribution in [0.25, 0.3) is 0 Å². The fourth-order valence-corrected chi connectivity index (χ4v) is 3.59. The largest absolute Gasteiger partial charge is 0.481 e. The third kappa shape index (κ3) is 3.40. The molecular formula is C15H17BrClNO3. The van der Waals surface area contributed by atoms with Crippen LogP contribution in [-0.2, 0) is 4.79 Å². The van der Waals surface area contributed by atoms with Gasteiger partial charge in [-0.1, -0.05) is 24.4 Å². The third-order valence-corrected chi connectivity index (χ3v) is 5.07. The van der Waals surface area contributed by atoms with E-state index in [9.17, 15) is 14.7 Å². The molecule has 1 saturated carbocycles. The van der Waals surface area contributed by atoms with Crippen LogP contribution >= 0.6 is 27.5 Å². The van der Waals surface area contributed by atoms with Crippen molar-refractivity contribution in [2.24, 2.45) is 5.41 Å². The standard InChI is InChI=1S/C15H17BrClNO3/c1-15(14(20)21)7-3-2-4-12(15)18-13(19)10-6-5-9(17)8-11(10)16/h5-6,8,12H,2-4,7H2,1H3,(H,18,19)(H,20,21). The summed E-state index contributed by atoms with van der Waals surface area (Å²) in [6.45, 7) is 1.70. The first-order chi connectivity index (χ1) is 9.84. The number of nitrogens with one attached hydrogen (secondary N) is 1. The first kappa shape index (κ1) is 16.3. The molecule has 1 aromatic carbocycles. The Bertz CT molecular complexity index is 578. The Balaban J connectivity index is 2.19. The van der Waals surface area contributed by atoms with Crippen molar-refractivity contribution in [3.05, 3.63) is 33.3 Å². The molecule has 0 saturated heterocycles. The number of carbonyl (C=O) groups excluding carboxylic acids is 1. The lowest BCUT2D eigenvalue weighted by atomic mass is 9.71. The van der Waals surface area contributed by atoms with E-state index >= 15 is 0 Å². The molecule has 1 aliphatic carbocycles. The fourth-order valence-electron chi connectivity index (χ4n) is 2.73. The molecule has 0 aromatic heterocycles. The molecule has 0 heterocycles. The Hall–Kier alpha value is -1.07. The molecule has 0 bridgehead atoms. The van der Waals surface area contributed by atoms with Gasteiger partial charge in [0.15, 0.2) is 0 Å². The van der Waals surface area contributed by atoms with Gasteiger partial charge in [-0.25, -0.2) is 0 Å². The number of hydrogen-bond acceptors (Lipinski definition) is 2. The van der Waals surface area contributed by atoms with Crippen molar-refractivity contribution in [2.45, 2.75) is 38.6 Å². The molecule has 114 valence electrons. The van der Waals surface area contributed by atoms with E-state index in [4.69, 9.17) is 11.6 Å². The number of rotatable bonds is 3. The summed E-state index contributed by atoms with van der Waals surface area (Å²) in [5, 5.41) is 12.9. The van der Waals surface area contributed by atoms with E-state index in [0.717, 1.165) is 12.8 Å². The van der Waals surface area contributed by atoms with E-state index in [1.54, 1.807) is 25.1 Å². The summed E-state index contributed by atoms with van der Waals surface area (Å²) >= 11 is 9.17. The maximum atomic E-state index is 12.4. The molecular weight excluding hydrogens is 358 g/mol. The predicted molar refractivity (Wildman–Crippen MR) is 84.6 cm³/mol. The van der Waals surface area contributed by atoms with Gasteiger partial charge in [-0.3, -0.25) is 9.59 Å². The monoisotopic (exact) mass is 373 g/mol. The Morgan fingerprint density at radius 1 is 1.43 bits per heavy atom. The molecule has 4 nitrogen and oxygen atoms in total. The van der Waals surface area contributed by atoms with Crippen LogP contribution in [0.1, 0.15) is 43.0 Å². The smallest absolute Gasteiger partial charge is 0.311 e. The zero-order chi connectivity index (χ0) is 15.6. The summed E-state index contributed by atoms with van der Waals surface area (Å²) < 4.78 is 0.598. The molecule has 6 heteroatoms. The highest BCUT2D eigenvalue weighted by atomic mass is 79.9. The van der Waals surface area contributed by atoms with E-state index in [-0.39, 0.29) is 11.9 Å². The Morgan fingerprint density at radius 2 is 2.14 bits per heavy atom. The van der Waals surface area contributed by atoms with Crippen LogP contribution in [0.4, 0.5) is 0 Å². The van der Waals surface area contributed by atoms with E-state index in [1.807, 2.05) is 0 Å². The second-order valence-corrected chi connectivity index (χ2v) is 6.91. The van der Waals surface area contributed by atoms with Gasteiger partial charge in [0.05, 0.1) is 11.0 Å². The Labute approximate surface area is 137 Å². The molecule has 2 unspecified atom stereocenters. The highest BCUT2D eigenvalue weighted by molar-refractivity contribution is 9.10. The van der Waals surface area contributed by atoms with Gasteiger partial charge >= 0.3 is 5.97 Å². The number of amides is 1. The average molecular weight is 375 g/mol. The summed E-state index contributed by atoms with van der Waals surface area (Å²) in [6.07, 6.45) is 3.06. The lowest BCUT2D eigenvalue weighted by Gasteiger charge is -2.38. The third-order valence-electron chi connectivity index (χ3n) is 4.18. The highest BCUT2D eigenvalue weighted by Crippen LogP contribution is 2.36. The average Bonchev–Trinajstić information content (AvgIpc) is 2.41. The number of hydrogen-bond donors (Lipinski definition) is 2. The molecule has 21 heavy (non-hydrogen) atoms. The van der Waals surface area contributed by atoms with Gasteiger partial charge in [-0.2, -0.15) is 0 Å². The summed E-state index contributed by atoms with van der Waals surface area (Å²) in [7, 11) is 0. The minimum absolute atomic E-state index is 0.280. The molecule has 2 N–H and O–H groups in total. The van der Waals surface area contributed by atoms with E-state index in [1.165, 1.54) is 0 Å². The van der Waals surface area contributed by atoms with Crippen LogP contribution in [-0.4, -0.2) is 23.0 Å². The molecule has 2 atom stereocenters. The van der Waals surface area contributed by atoms with Gasteiger partial charge in [0.2, 0.25) is 0 Å². The van der Waals surface area contributed by atoms with Gasteiger partial charge in [-0.15, -0.1) is 0 Å². The normalized spacial score (nSPS) is 25.4. The number of halogens is 2. The van der Waals surface area contributed by atoms with Crippen LogP contribution in [0.5, 0.6) is 0 Å². The highest BCUT2D eigenvalue weighted by Gasteiger charge is 2.44. The van der Waals surface area contributed by atoms with E-state index < -0.39 is 11.4 Å². The molecule has 0 aliphatic heterocycles. The van der Waals surface area contributed by atoms with Crippen LogP contribution in [0, 0.1) is 5.41 Å². The molecule has 1 amide bonds. The van der Waals surface area contributed by atoms with Gasteiger partial charge in [-0.05, 0) is 53.9 Å². The first-order valence-electron chi connectivity index (χ1n) is 6.84. The van der Waals surface area contributed by atoms with Crippen molar-refractivity contribution < 1.29 is 14.7 Å². The summed E-state index contributed by atoms with van der Waals surface area (Å²) in [5.74, 6) is -1.14. The summed E-state index contributed by atoms with van der Waals surface area (Å²) in [5.41, 5.74) is -0.454. The van der Waals surface area contributed by atoms with Crippen LogP contribution in [0.3, 0.4) is 0 Å². The minimum atomic E-state index is -0.910. The number of aliphatic carboxylic acids is 1. The summed E-state index contributed by atoms with van der Waals surface area (Å²) in [6, 6.07) is 4.55. The molecule has 1 aliphatic rings. The van der Waals surface area contributed by atoms with Crippen LogP contribution in [0.2, 0.25) is 5.02 Å². The maximum absolute atomic E-state index is 12.4. The zero-order valence-electron chi connectivity index (χ0n) is 11.7. The second-order valence-electron chi connectivity index (χ2n) is 5.62. The lowest BCUT2D eigenvalue weighted by Crippen LogP contribution is -2.52. The van der Waals surface area contributed by atoms with Crippen molar-refractivity contribution in [3.63, 3.8) is 0 Å². The lowest BCUT2D eigenvalue weighted by molar-refractivity contribution is -0.151. The SMILES string of the molecule is CC1(C(=O)O)CCCCC1NC(=O)c1ccc(Cl)cc1Br. The number of carboxylic acids is 1. The van der Waals surface area contributed by atoms with Crippen molar-refractivity contribution in [1.82, 2.24) is 5.32 Å². The second kappa shape index (κ2) is 6.36. The van der Waals surface area contributed by atoms with Crippen molar-refractivity contribution >= 4 is 39.4 Å². The van der Waals surface area contributed by atoms with Crippen molar-refractivity contribution in [2.75, 3.05) is 0 Å². The van der Waals surface area contributed by atoms with E-state index in [2.05, 4.69) is 21.2 Å². The molecule has 1 aromatic rings. The summed E-state index contributed by atoms with van der Waals surface area (Å²) in [4.78, 5) is 23.9. The molecule has 0 radical (unpaired) electrons. The Morgan fingerprint density at radius 3 is 2.76 bits per heavy atom. The molecule has 2 rings (SSSR count). The van der Waals surface area contributed by atoms with Gasteiger partial charge in [0.25, 0.3) is 5.91 Å². The molecule has 1 fully saturated rings. The number of carbonyl (C=O) groups is 2. The fraction of sp³-hybridized carbons (Fsp3) is 0.467. The van der Waals surface area contributed by atoms with Crippen LogP contribution in [0.15, 0.2) is 22.7 Å². The van der Waals surface area contributed by atoms with Gasteiger partial charge in [0.1, 0.15) is 0 Å². The zero-order valence-corrected chi connectivity index (χ0v) is 14.0. The van der Waals surface area contributed by atoms with Gasteiger partial charge in [0, 0.05) is 15.5 Å². The topological polar surface area (TPSA) is 66.4 Å².